The Morgan fingerprint density at radius 2 is 1.29 bits per heavy atom. The molecule has 7 heteroatoms. The first-order chi connectivity index (χ1) is 13.3. The molecule has 0 saturated heterocycles. The molecule has 0 unspecified atom stereocenters. The first kappa shape index (κ1) is 26.1. The number of hydrogen-bond acceptors (Lipinski definition) is 3. The molecule has 0 rings (SSSR count). The molecule has 0 spiro atoms. The Balaban J connectivity index is 4.12. The highest BCUT2D eigenvalue weighted by atomic mass is 19.1. The second kappa shape index (κ2) is 15.1. The molecule has 0 aliphatic heterocycles. The van der Waals surface area contributed by atoms with Crippen molar-refractivity contribution in [1.82, 2.24) is 5.32 Å². The Morgan fingerprint density at radius 3 is 1.68 bits per heavy atom. The summed E-state index contributed by atoms with van der Waals surface area (Å²) in [5.41, 5.74) is -2.68. The molecule has 0 radical (unpaired) electrons. The van der Waals surface area contributed by atoms with Gasteiger partial charge in [-0.05, 0) is 12.8 Å². The van der Waals surface area contributed by atoms with Crippen LogP contribution in [0.5, 0.6) is 0 Å². The Kier molecular flexibility index (Phi) is 14.0. The van der Waals surface area contributed by atoms with Gasteiger partial charge in [0.05, 0.1) is 5.83 Å². The maximum Gasteiger partial charge on any atom is 0.341 e. The van der Waals surface area contributed by atoms with Crippen LogP contribution in [-0.2, 0) is 14.4 Å². The minimum absolute atomic E-state index is 0.415. The van der Waals surface area contributed by atoms with Crippen molar-refractivity contribution in [1.29, 1.82) is 0 Å². The molecule has 162 valence electrons. The van der Waals surface area contributed by atoms with Gasteiger partial charge in [-0.15, -0.1) is 0 Å². The molecule has 0 aliphatic rings. The molecule has 3 N–H and O–H groups in total. The van der Waals surface area contributed by atoms with E-state index in [4.69, 9.17) is 0 Å². The van der Waals surface area contributed by atoms with E-state index in [2.05, 4.69) is 6.92 Å². The number of carbonyl (C=O) groups excluding carboxylic acids is 1. The van der Waals surface area contributed by atoms with Gasteiger partial charge >= 0.3 is 11.9 Å². The monoisotopic (exact) mass is 401 g/mol. The average molecular weight is 402 g/mol. The van der Waals surface area contributed by atoms with Gasteiger partial charge in [0.2, 0.25) is 11.4 Å². The number of unbranched alkanes of at least 4 members (excludes halogenated alkanes) is 11. The normalized spacial score (nSPS) is 12.0. The van der Waals surface area contributed by atoms with E-state index in [1.54, 1.807) is 0 Å². The van der Waals surface area contributed by atoms with E-state index in [9.17, 15) is 29.0 Å². The molecule has 0 bridgehead atoms. The summed E-state index contributed by atoms with van der Waals surface area (Å²) in [7, 11) is 0. The van der Waals surface area contributed by atoms with Gasteiger partial charge in [-0.3, -0.25) is 4.79 Å². The zero-order chi connectivity index (χ0) is 21.4. The lowest BCUT2D eigenvalue weighted by Crippen LogP contribution is -2.59. The topological polar surface area (TPSA) is 104 Å². The van der Waals surface area contributed by atoms with Crippen LogP contribution in [0.1, 0.15) is 97.3 Å². The van der Waals surface area contributed by atoms with Gasteiger partial charge in [0.15, 0.2) is 0 Å². The predicted octanol–water partition coefficient (Wildman–Crippen LogP) is 4.98. The van der Waals surface area contributed by atoms with Gasteiger partial charge in [0, 0.05) is 13.3 Å². The first-order valence-electron chi connectivity index (χ1n) is 10.4. The van der Waals surface area contributed by atoms with Crippen molar-refractivity contribution in [2.24, 2.45) is 0 Å². The molecule has 28 heavy (non-hydrogen) atoms. The summed E-state index contributed by atoms with van der Waals surface area (Å²) in [4.78, 5) is 33.8. The third-order valence-corrected chi connectivity index (χ3v) is 4.73. The van der Waals surface area contributed by atoms with Gasteiger partial charge in [0.1, 0.15) is 0 Å². The van der Waals surface area contributed by atoms with Crippen LogP contribution >= 0.6 is 0 Å². The van der Waals surface area contributed by atoms with E-state index < -0.39 is 35.6 Å². The van der Waals surface area contributed by atoms with Gasteiger partial charge in [-0.1, -0.05) is 77.2 Å². The summed E-state index contributed by atoms with van der Waals surface area (Å²) >= 11 is 0. The van der Waals surface area contributed by atoms with E-state index in [1.807, 2.05) is 5.32 Å². The maximum absolute atomic E-state index is 14.1. The highest BCUT2D eigenvalue weighted by Gasteiger charge is 2.48. The average Bonchev–Trinajstić information content (AvgIpc) is 2.61. The van der Waals surface area contributed by atoms with Gasteiger partial charge in [0.25, 0.3) is 0 Å². The van der Waals surface area contributed by atoms with Crippen LogP contribution in [-0.4, -0.2) is 33.6 Å². The quantitative estimate of drug-likeness (QED) is 0.236. The zero-order valence-corrected chi connectivity index (χ0v) is 17.3. The number of nitrogens with one attached hydrogen (secondary N) is 1. The van der Waals surface area contributed by atoms with Crippen molar-refractivity contribution in [3.05, 3.63) is 11.9 Å². The van der Waals surface area contributed by atoms with Crippen LogP contribution in [0.4, 0.5) is 4.39 Å². The smallest absolute Gasteiger partial charge is 0.341 e. The Labute approximate surface area is 167 Å². The number of carboxylic acids is 2. The van der Waals surface area contributed by atoms with Crippen LogP contribution in [0.15, 0.2) is 11.9 Å². The van der Waals surface area contributed by atoms with Crippen molar-refractivity contribution in [3.63, 3.8) is 0 Å². The summed E-state index contributed by atoms with van der Waals surface area (Å²) in [6.45, 7) is 3.20. The lowest BCUT2D eigenvalue weighted by Gasteiger charge is -2.24. The molecule has 0 atom stereocenters. The van der Waals surface area contributed by atoms with Crippen LogP contribution in [0.25, 0.3) is 0 Å². The highest BCUT2D eigenvalue weighted by Crippen LogP contribution is 2.21. The zero-order valence-electron chi connectivity index (χ0n) is 17.3. The third-order valence-electron chi connectivity index (χ3n) is 4.73. The second-order valence-corrected chi connectivity index (χ2v) is 7.35. The molecule has 0 aliphatic carbocycles. The van der Waals surface area contributed by atoms with E-state index in [-0.39, 0.29) is 0 Å². The third kappa shape index (κ3) is 11.0. The van der Waals surface area contributed by atoms with Crippen LogP contribution in [0, 0.1) is 0 Å². The van der Waals surface area contributed by atoms with Gasteiger partial charge in [-0.2, -0.15) is 0 Å². The largest absolute Gasteiger partial charge is 0.479 e. The van der Waals surface area contributed by atoms with Crippen molar-refractivity contribution in [2.45, 2.75) is 103 Å². The van der Waals surface area contributed by atoms with E-state index >= 15 is 0 Å². The fourth-order valence-corrected chi connectivity index (χ4v) is 3.09. The first-order valence-corrected chi connectivity index (χ1v) is 10.4. The minimum atomic E-state index is -2.68. The Morgan fingerprint density at radius 1 is 0.857 bits per heavy atom. The van der Waals surface area contributed by atoms with E-state index in [0.29, 0.717) is 6.42 Å². The number of allylic oxidation sites excluding steroid dienone is 1. The van der Waals surface area contributed by atoms with Gasteiger partial charge < -0.3 is 15.5 Å². The van der Waals surface area contributed by atoms with E-state index in [1.165, 1.54) is 51.0 Å². The standard InChI is InChI=1S/C21H36FNO5/c1-3-4-5-6-7-8-9-10-11-12-13-14-15-18(22)16-21(19(25)26,20(27)28)23-17(2)24/h15H,3-14,16H2,1-2H3,(H,23,24)(H,25,26)(H,27,28)/b18-15-. The number of carboxylic acid groups (broad SMARTS) is 2. The Hall–Kier alpha value is -1.92. The molecule has 1 amide bonds. The SMILES string of the molecule is CCCCCCCCCCCCC/C=C(\F)CC(NC(C)=O)(C(=O)O)C(=O)O. The molecule has 0 aromatic heterocycles. The van der Waals surface area contributed by atoms with Crippen LogP contribution in [0.3, 0.4) is 0 Å². The summed E-state index contributed by atoms with van der Waals surface area (Å²) < 4.78 is 14.1. The van der Waals surface area contributed by atoms with Crippen molar-refractivity contribution < 1.29 is 29.0 Å². The number of aliphatic carboxylic acids is 2. The lowest BCUT2D eigenvalue weighted by atomic mass is 9.94. The number of carbonyl (C=O) groups is 3. The molecular weight excluding hydrogens is 365 g/mol. The molecule has 0 heterocycles. The van der Waals surface area contributed by atoms with Crippen molar-refractivity contribution in [2.75, 3.05) is 0 Å². The number of rotatable bonds is 17. The maximum atomic E-state index is 14.1. The second-order valence-electron chi connectivity index (χ2n) is 7.35. The summed E-state index contributed by atoms with van der Waals surface area (Å²) in [6.07, 6.45) is 13.6. The fourth-order valence-electron chi connectivity index (χ4n) is 3.09. The number of halogens is 1. The molecular formula is C21H36FNO5. The molecule has 6 nitrogen and oxygen atoms in total. The molecule has 0 aromatic carbocycles. The van der Waals surface area contributed by atoms with Crippen molar-refractivity contribution >= 4 is 17.8 Å². The number of amides is 1. The summed E-state index contributed by atoms with van der Waals surface area (Å²) in [5, 5.41) is 20.2. The molecule has 0 saturated carbocycles. The van der Waals surface area contributed by atoms with Gasteiger partial charge in [-0.25, -0.2) is 14.0 Å². The predicted molar refractivity (Wildman–Crippen MR) is 107 cm³/mol. The summed E-state index contributed by atoms with van der Waals surface area (Å²) in [6, 6.07) is 0. The van der Waals surface area contributed by atoms with Crippen LogP contribution < -0.4 is 5.32 Å². The fraction of sp³-hybridized carbons (Fsp3) is 0.762. The highest BCUT2D eigenvalue weighted by molar-refractivity contribution is 6.06. The molecule has 0 aromatic rings. The van der Waals surface area contributed by atoms with E-state index in [0.717, 1.165) is 32.6 Å². The Bertz CT molecular complexity index is 505. The minimum Gasteiger partial charge on any atom is -0.479 e. The van der Waals surface area contributed by atoms with Crippen molar-refractivity contribution in [3.8, 4) is 0 Å². The number of hydrogen-bond donors (Lipinski definition) is 3. The lowest BCUT2D eigenvalue weighted by molar-refractivity contribution is -0.161. The van der Waals surface area contributed by atoms with Crippen LogP contribution in [0.2, 0.25) is 0 Å². The molecule has 0 fully saturated rings. The summed E-state index contributed by atoms with van der Waals surface area (Å²) in [5.74, 6) is -5.28.